The number of nitrogens with zero attached hydrogens (tertiary/aromatic N) is 4. The summed E-state index contributed by atoms with van der Waals surface area (Å²) in [6.45, 7) is 1.93. The van der Waals surface area contributed by atoms with Crippen molar-refractivity contribution in [3.8, 4) is 11.4 Å². The van der Waals surface area contributed by atoms with Crippen molar-refractivity contribution in [2.24, 2.45) is 0 Å². The van der Waals surface area contributed by atoms with Gasteiger partial charge in [-0.2, -0.15) is 4.80 Å². The number of carbonyl (C=O) groups excluding carboxylic acids is 2. The van der Waals surface area contributed by atoms with E-state index in [1.807, 2.05) is 24.3 Å². The molecule has 1 aromatic carbocycles. The van der Waals surface area contributed by atoms with Gasteiger partial charge >= 0.3 is 6.03 Å². The molecule has 0 unspecified atom stereocenters. The Balaban J connectivity index is 1.53. The molecule has 3 rings (SSSR count). The fourth-order valence-electron chi connectivity index (χ4n) is 2.90. The van der Waals surface area contributed by atoms with Gasteiger partial charge in [-0.1, -0.05) is 44.0 Å². The molecule has 2 aromatic rings. The first kappa shape index (κ1) is 17.1. The van der Waals surface area contributed by atoms with Crippen molar-refractivity contribution in [2.75, 3.05) is 0 Å². The summed E-state index contributed by atoms with van der Waals surface area (Å²) in [5.41, 5.74) is 2.06. The van der Waals surface area contributed by atoms with Gasteiger partial charge in [0.25, 0.3) is 5.91 Å². The maximum absolute atomic E-state index is 11.9. The summed E-state index contributed by atoms with van der Waals surface area (Å²) in [7, 11) is 0. The predicted molar refractivity (Wildman–Crippen MR) is 91.6 cm³/mol. The van der Waals surface area contributed by atoms with Gasteiger partial charge < -0.3 is 5.32 Å². The zero-order valence-electron chi connectivity index (χ0n) is 14.2. The number of nitrogens with one attached hydrogen (secondary N) is 2. The summed E-state index contributed by atoms with van der Waals surface area (Å²) >= 11 is 0. The van der Waals surface area contributed by atoms with Crippen molar-refractivity contribution >= 4 is 11.9 Å². The summed E-state index contributed by atoms with van der Waals surface area (Å²) < 4.78 is 0. The number of benzene rings is 1. The summed E-state index contributed by atoms with van der Waals surface area (Å²) in [6.07, 6.45) is 5.12. The van der Waals surface area contributed by atoms with E-state index in [-0.39, 0.29) is 12.6 Å². The second-order valence-corrected chi connectivity index (χ2v) is 6.20. The Hall–Kier alpha value is -2.77. The number of aromatic nitrogens is 4. The number of carbonyl (C=O) groups is 2. The highest BCUT2D eigenvalue weighted by Gasteiger charge is 2.18. The SMILES string of the molecule is CCc1ccc(-c2nnn(CC(=O)NC(=O)NC3CCCC3)n2)cc1. The molecular formula is C17H22N6O2. The molecule has 0 bridgehead atoms. The molecule has 132 valence electrons. The van der Waals surface area contributed by atoms with E-state index in [2.05, 4.69) is 33.0 Å². The van der Waals surface area contributed by atoms with E-state index < -0.39 is 11.9 Å². The fraction of sp³-hybridized carbons (Fsp3) is 0.471. The molecule has 0 spiro atoms. The number of tetrazole rings is 1. The summed E-state index contributed by atoms with van der Waals surface area (Å²) in [4.78, 5) is 24.9. The number of rotatable bonds is 5. The van der Waals surface area contributed by atoms with Crippen LogP contribution in [0.3, 0.4) is 0 Å². The number of hydrogen-bond acceptors (Lipinski definition) is 5. The van der Waals surface area contributed by atoms with Crippen LogP contribution in [-0.2, 0) is 17.8 Å². The first-order chi connectivity index (χ1) is 12.1. The number of imide groups is 1. The van der Waals surface area contributed by atoms with E-state index in [0.717, 1.165) is 37.7 Å². The van der Waals surface area contributed by atoms with Gasteiger partial charge in [0.1, 0.15) is 6.54 Å². The molecule has 2 N–H and O–H groups in total. The Morgan fingerprint density at radius 2 is 1.92 bits per heavy atom. The smallest absolute Gasteiger partial charge is 0.321 e. The zero-order valence-corrected chi connectivity index (χ0v) is 14.2. The maximum atomic E-state index is 11.9. The van der Waals surface area contributed by atoms with E-state index in [1.165, 1.54) is 10.4 Å². The largest absolute Gasteiger partial charge is 0.335 e. The van der Waals surface area contributed by atoms with Crippen LogP contribution in [0.1, 0.15) is 38.2 Å². The third-order valence-electron chi connectivity index (χ3n) is 4.30. The molecule has 0 aliphatic heterocycles. The molecule has 0 saturated heterocycles. The summed E-state index contributed by atoms with van der Waals surface area (Å²) in [5.74, 6) is -0.0216. The third kappa shape index (κ3) is 4.62. The van der Waals surface area contributed by atoms with Crippen molar-refractivity contribution in [2.45, 2.75) is 51.6 Å². The van der Waals surface area contributed by atoms with Gasteiger partial charge in [-0.25, -0.2) is 4.79 Å². The molecule has 1 heterocycles. The maximum Gasteiger partial charge on any atom is 0.321 e. The van der Waals surface area contributed by atoms with Gasteiger partial charge in [0.15, 0.2) is 0 Å². The lowest BCUT2D eigenvalue weighted by molar-refractivity contribution is -0.121. The van der Waals surface area contributed by atoms with Gasteiger partial charge in [0, 0.05) is 11.6 Å². The monoisotopic (exact) mass is 342 g/mol. The molecule has 8 heteroatoms. The van der Waals surface area contributed by atoms with Gasteiger partial charge in [-0.15, -0.1) is 10.2 Å². The van der Waals surface area contributed by atoms with Crippen molar-refractivity contribution in [1.29, 1.82) is 0 Å². The molecule has 1 aliphatic carbocycles. The van der Waals surface area contributed by atoms with E-state index in [9.17, 15) is 9.59 Å². The Kier molecular flexibility index (Phi) is 5.37. The second kappa shape index (κ2) is 7.87. The van der Waals surface area contributed by atoms with E-state index in [1.54, 1.807) is 0 Å². The lowest BCUT2D eigenvalue weighted by Gasteiger charge is -2.11. The first-order valence-electron chi connectivity index (χ1n) is 8.61. The molecule has 0 radical (unpaired) electrons. The Labute approximate surface area is 146 Å². The van der Waals surface area contributed by atoms with Crippen LogP contribution in [0.2, 0.25) is 0 Å². The number of hydrogen-bond donors (Lipinski definition) is 2. The molecular weight excluding hydrogens is 320 g/mol. The lowest BCUT2D eigenvalue weighted by atomic mass is 10.1. The van der Waals surface area contributed by atoms with Crippen molar-refractivity contribution in [1.82, 2.24) is 30.8 Å². The van der Waals surface area contributed by atoms with E-state index in [0.29, 0.717) is 5.82 Å². The average Bonchev–Trinajstić information content (AvgIpc) is 3.26. The Bertz CT molecular complexity index is 734. The van der Waals surface area contributed by atoms with Crippen LogP contribution in [0, 0.1) is 0 Å². The van der Waals surface area contributed by atoms with Crippen LogP contribution in [0.5, 0.6) is 0 Å². The first-order valence-corrected chi connectivity index (χ1v) is 8.61. The molecule has 1 aliphatic rings. The van der Waals surface area contributed by atoms with Crippen molar-refractivity contribution in [3.05, 3.63) is 29.8 Å². The minimum Gasteiger partial charge on any atom is -0.335 e. The second-order valence-electron chi connectivity index (χ2n) is 6.20. The number of aryl methyl sites for hydroxylation is 1. The molecule has 1 aromatic heterocycles. The van der Waals surface area contributed by atoms with Gasteiger partial charge in [0.2, 0.25) is 5.82 Å². The highest BCUT2D eigenvalue weighted by Crippen LogP contribution is 2.17. The summed E-state index contributed by atoms with van der Waals surface area (Å²) in [6, 6.07) is 7.57. The standard InChI is InChI=1S/C17H22N6O2/c1-2-12-7-9-13(10-8-12)16-20-22-23(21-16)11-15(24)19-17(25)18-14-5-3-4-6-14/h7-10,14H,2-6,11H2,1H3,(H2,18,19,24,25). The van der Waals surface area contributed by atoms with Gasteiger partial charge in [-0.05, 0) is 30.0 Å². The van der Waals surface area contributed by atoms with Crippen LogP contribution >= 0.6 is 0 Å². The molecule has 1 saturated carbocycles. The van der Waals surface area contributed by atoms with Crippen LogP contribution in [0.15, 0.2) is 24.3 Å². The molecule has 8 nitrogen and oxygen atoms in total. The average molecular weight is 342 g/mol. The normalized spacial score (nSPS) is 14.4. The number of amides is 3. The third-order valence-corrected chi connectivity index (χ3v) is 4.30. The van der Waals surface area contributed by atoms with Crippen LogP contribution in [0.25, 0.3) is 11.4 Å². The van der Waals surface area contributed by atoms with Crippen LogP contribution in [0.4, 0.5) is 4.79 Å². The van der Waals surface area contributed by atoms with Crippen LogP contribution < -0.4 is 10.6 Å². The van der Waals surface area contributed by atoms with Gasteiger partial charge in [-0.3, -0.25) is 10.1 Å². The highest BCUT2D eigenvalue weighted by molar-refractivity contribution is 5.94. The number of urea groups is 1. The van der Waals surface area contributed by atoms with E-state index >= 15 is 0 Å². The fourth-order valence-corrected chi connectivity index (χ4v) is 2.90. The minimum absolute atomic E-state index is 0.155. The van der Waals surface area contributed by atoms with Crippen molar-refractivity contribution in [3.63, 3.8) is 0 Å². The van der Waals surface area contributed by atoms with Gasteiger partial charge in [0.05, 0.1) is 0 Å². The summed E-state index contributed by atoms with van der Waals surface area (Å²) in [5, 5.41) is 17.1. The minimum atomic E-state index is -0.472. The Morgan fingerprint density at radius 3 is 2.60 bits per heavy atom. The predicted octanol–water partition coefficient (Wildman–Crippen LogP) is 1.67. The highest BCUT2D eigenvalue weighted by atomic mass is 16.2. The molecule has 0 atom stereocenters. The quantitative estimate of drug-likeness (QED) is 0.860. The van der Waals surface area contributed by atoms with Crippen LogP contribution in [-0.4, -0.2) is 38.2 Å². The molecule has 25 heavy (non-hydrogen) atoms. The van der Waals surface area contributed by atoms with Crippen molar-refractivity contribution < 1.29 is 9.59 Å². The lowest BCUT2D eigenvalue weighted by Crippen LogP contribution is -2.44. The molecule has 1 fully saturated rings. The Morgan fingerprint density at radius 1 is 1.20 bits per heavy atom. The molecule has 3 amide bonds. The van der Waals surface area contributed by atoms with E-state index in [4.69, 9.17) is 0 Å². The topological polar surface area (TPSA) is 102 Å². The zero-order chi connectivity index (χ0) is 17.6.